The van der Waals surface area contributed by atoms with Gasteiger partial charge in [-0.2, -0.15) is 0 Å². The lowest BCUT2D eigenvalue weighted by Gasteiger charge is -2.51. The first-order valence-electron chi connectivity index (χ1n) is 13.4. The van der Waals surface area contributed by atoms with E-state index in [1.807, 2.05) is 55.1 Å². The first-order chi connectivity index (χ1) is 18.4. The Bertz CT molecular complexity index is 1160. The Balaban J connectivity index is 1.81. The number of fused-ring (bicyclic) bond motifs is 1. The van der Waals surface area contributed by atoms with E-state index in [-0.39, 0.29) is 18.5 Å². The van der Waals surface area contributed by atoms with E-state index >= 15 is 0 Å². The largest absolute Gasteiger partial charge is 0.399 e. The van der Waals surface area contributed by atoms with Crippen LogP contribution in [-0.2, 0) is 17.6 Å². The number of nitrogens with zero attached hydrogens (tertiary/aromatic N) is 7. The third-order valence-corrected chi connectivity index (χ3v) is 7.20. The van der Waals surface area contributed by atoms with E-state index in [9.17, 15) is 14.7 Å². The third kappa shape index (κ3) is 5.08. The predicted octanol–water partition coefficient (Wildman–Crippen LogP) is 1.94. The number of hydrogen-bond acceptors (Lipinski definition) is 9. The monoisotopic (exact) mass is 522 g/mol. The van der Waals surface area contributed by atoms with E-state index in [0.29, 0.717) is 69.2 Å². The molecule has 3 heterocycles. The van der Waals surface area contributed by atoms with E-state index in [1.54, 1.807) is 23.4 Å². The molecule has 1 saturated heterocycles. The van der Waals surface area contributed by atoms with Gasteiger partial charge in [-0.15, -0.1) is 0 Å². The zero-order valence-corrected chi connectivity index (χ0v) is 22.5. The summed E-state index contributed by atoms with van der Waals surface area (Å²) in [6, 6.07) is 8.28. The molecule has 2 aliphatic rings. The van der Waals surface area contributed by atoms with Gasteiger partial charge < -0.3 is 10.8 Å². The van der Waals surface area contributed by atoms with Crippen molar-refractivity contribution in [3.63, 3.8) is 0 Å². The number of urea groups is 1. The molecule has 11 nitrogen and oxygen atoms in total. The predicted molar refractivity (Wildman–Crippen MR) is 145 cm³/mol. The van der Waals surface area contributed by atoms with Crippen LogP contribution in [-0.4, -0.2) is 97.2 Å². The summed E-state index contributed by atoms with van der Waals surface area (Å²) in [6.07, 6.45) is 5.29. The Morgan fingerprint density at radius 3 is 2.50 bits per heavy atom. The maximum atomic E-state index is 14.1. The minimum Gasteiger partial charge on any atom is -0.399 e. The summed E-state index contributed by atoms with van der Waals surface area (Å²) < 4.78 is 0. The third-order valence-electron chi connectivity index (χ3n) is 7.20. The zero-order valence-electron chi connectivity index (χ0n) is 22.5. The maximum Gasteiger partial charge on any atom is 0.328 e. The number of aliphatic hydroxyl groups excluding tert-OH is 1. The number of imide groups is 1. The number of aliphatic imine (C=N–C) groups is 1. The van der Waals surface area contributed by atoms with E-state index in [0.717, 1.165) is 5.56 Å². The first kappa shape index (κ1) is 27.5. The topological polar surface area (TPSA) is 131 Å². The number of carbonyl (C=O) groups excluding carboxylic acids is 2. The van der Waals surface area contributed by atoms with Gasteiger partial charge in [-0.1, -0.05) is 32.9 Å². The molecule has 0 radical (unpaired) electrons. The highest BCUT2D eigenvalue weighted by atomic mass is 16.3. The Morgan fingerprint density at radius 1 is 1.11 bits per heavy atom. The van der Waals surface area contributed by atoms with Gasteiger partial charge in [0.15, 0.2) is 11.7 Å². The molecule has 38 heavy (non-hydrogen) atoms. The molecule has 2 unspecified atom stereocenters. The smallest absolute Gasteiger partial charge is 0.328 e. The van der Waals surface area contributed by atoms with Gasteiger partial charge in [-0.05, 0) is 43.0 Å². The maximum absolute atomic E-state index is 14.1. The van der Waals surface area contributed by atoms with Crippen LogP contribution in [0, 0.1) is 0 Å². The molecule has 1 aromatic carbocycles. The SMILES string of the molecule is CCCN1C(=O)C2N(N(CC)CCO)C(Cc3ncccn3)=NC2(CC)N(CCc2cccc(N)c2)C1=O. The second-order valence-electron chi connectivity index (χ2n) is 9.54. The summed E-state index contributed by atoms with van der Waals surface area (Å²) in [7, 11) is 0. The Labute approximate surface area is 223 Å². The molecular weight excluding hydrogens is 484 g/mol. The minimum absolute atomic E-state index is 0.0871. The number of amides is 3. The Morgan fingerprint density at radius 2 is 1.87 bits per heavy atom. The highest BCUT2D eigenvalue weighted by Crippen LogP contribution is 2.41. The van der Waals surface area contributed by atoms with Crippen LogP contribution in [0.3, 0.4) is 0 Å². The van der Waals surface area contributed by atoms with Crippen LogP contribution in [0.1, 0.15) is 45.0 Å². The normalized spacial score (nSPS) is 21.3. The standard InChI is InChI=1S/C27H38N8O3/c1-4-14-33-25(37)24-27(5-2,34(26(33)38)15-11-20-9-7-10-21(28)18-20)31-23(19-22-29-12-8-13-30-22)35(24)32(6-3)16-17-36/h7-10,12-13,18,24,36H,4-6,11,14-17,19,28H2,1-3H3. The van der Waals surface area contributed by atoms with E-state index in [2.05, 4.69) is 9.97 Å². The van der Waals surface area contributed by atoms with Gasteiger partial charge in [-0.3, -0.25) is 19.6 Å². The number of carbonyl (C=O) groups is 2. The second kappa shape index (κ2) is 11.9. The molecule has 3 amide bonds. The zero-order chi connectivity index (χ0) is 27.3. The molecule has 0 bridgehead atoms. The van der Waals surface area contributed by atoms with Gasteiger partial charge in [-0.25, -0.2) is 24.8 Å². The number of amidine groups is 1. The van der Waals surface area contributed by atoms with Crippen LogP contribution < -0.4 is 5.73 Å². The van der Waals surface area contributed by atoms with Crippen LogP contribution in [0.5, 0.6) is 0 Å². The lowest BCUT2D eigenvalue weighted by molar-refractivity contribution is -0.151. The van der Waals surface area contributed by atoms with E-state index in [1.165, 1.54) is 4.90 Å². The van der Waals surface area contributed by atoms with Gasteiger partial charge in [0.05, 0.1) is 13.0 Å². The number of benzene rings is 1. The second-order valence-corrected chi connectivity index (χ2v) is 9.54. The number of hydrazine groups is 1. The number of nitrogens with two attached hydrogens (primary N) is 1. The number of hydrogen-bond donors (Lipinski definition) is 2. The summed E-state index contributed by atoms with van der Waals surface area (Å²) in [5.41, 5.74) is 6.56. The molecule has 0 spiro atoms. The van der Waals surface area contributed by atoms with Crippen molar-refractivity contribution in [2.75, 3.05) is 38.5 Å². The molecule has 11 heteroatoms. The summed E-state index contributed by atoms with van der Waals surface area (Å²) in [5.74, 6) is 0.895. The Kier molecular flexibility index (Phi) is 8.58. The highest BCUT2D eigenvalue weighted by molar-refractivity contribution is 6.05. The van der Waals surface area contributed by atoms with E-state index in [4.69, 9.17) is 10.7 Å². The van der Waals surface area contributed by atoms with Crippen LogP contribution in [0.25, 0.3) is 0 Å². The van der Waals surface area contributed by atoms with Crippen molar-refractivity contribution in [1.82, 2.24) is 29.8 Å². The fraction of sp³-hybridized carbons (Fsp3) is 0.519. The molecule has 1 aromatic heterocycles. The average Bonchev–Trinajstić information content (AvgIpc) is 3.25. The Hall–Kier alpha value is -3.57. The van der Waals surface area contributed by atoms with Gasteiger partial charge >= 0.3 is 6.03 Å². The molecule has 204 valence electrons. The van der Waals surface area contributed by atoms with Gasteiger partial charge in [0.2, 0.25) is 0 Å². The van der Waals surface area contributed by atoms with Crippen molar-refractivity contribution in [2.45, 2.75) is 58.2 Å². The number of aliphatic hydroxyl groups is 1. The first-order valence-corrected chi connectivity index (χ1v) is 13.4. The van der Waals surface area contributed by atoms with Crippen LogP contribution in [0.4, 0.5) is 10.5 Å². The van der Waals surface area contributed by atoms with Crippen LogP contribution >= 0.6 is 0 Å². The summed E-state index contributed by atoms with van der Waals surface area (Å²) in [6.45, 7) is 7.35. The molecule has 3 N–H and O–H groups in total. The number of likely N-dealkylation sites (N-methyl/N-ethyl adjacent to an activating group) is 1. The lowest BCUT2D eigenvalue weighted by Crippen LogP contribution is -2.74. The average molecular weight is 523 g/mol. The fourth-order valence-corrected chi connectivity index (χ4v) is 5.46. The lowest BCUT2D eigenvalue weighted by atomic mass is 9.91. The molecule has 2 atom stereocenters. The highest BCUT2D eigenvalue weighted by Gasteiger charge is 2.62. The summed E-state index contributed by atoms with van der Waals surface area (Å²) >= 11 is 0. The van der Waals surface area contributed by atoms with Crippen LogP contribution in [0.2, 0.25) is 0 Å². The molecule has 0 saturated carbocycles. The number of nitrogen functional groups attached to an aromatic ring is 1. The molecular formula is C27H38N8O3. The molecule has 2 aliphatic heterocycles. The molecule has 1 fully saturated rings. The van der Waals surface area contributed by atoms with Crippen molar-refractivity contribution in [3.8, 4) is 0 Å². The van der Waals surface area contributed by atoms with Crippen LogP contribution in [0.15, 0.2) is 47.7 Å². The van der Waals surface area contributed by atoms with E-state index < -0.39 is 11.7 Å². The summed E-state index contributed by atoms with van der Waals surface area (Å²) in [4.78, 5) is 45.0. The number of anilines is 1. The molecule has 0 aliphatic carbocycles. The van der Waals surface area contributed by atoms with Crippen molar-refractivity contribution in [2.24, 2.45) is 4.99 Å². The number of aromatic nitrogens is 2. The van der Waals surface area contributed by atoms with Gasteiger partial charge in [0.25, 0.3) is 5.91 Å². The fourth-order valence-electron chi connectivity index (χ4n) is 5.46. The quantitative estimate of drug-likeness (QED) is 0.404. The molecule has 4 rings (SSSR count). The van der Waals surface area contributed by atoms with Gasteiger partial charge in [0.1, 0.15) is 11.7 Å². The number of rotatable bonds is 12. The van der Waals surface area contributed by atoms with Crippen molar-refractivity contribution in [3.05, 3.63) is 54.1 Å². The van der Waals surface area contributed by atoms with Crippen molar-refractivity contribution in [1.29, 1.82) is 0 Å². The van der Waals surface area contributed by atoms with Crippen molar-refractivity contribution >= 4 is 23.5 Å². The van der Waals surface area contributed by atoms with Gasteiger partial charge in [0, 0.05) is 44.3 Å². The molecule has 2 aromatic rings. The summed E-state index contributed by atoms with van der Waals surface area (Å²) in [5, 5.41) is 13.7. The van der Waals surface area contributed by atoms with Crippen molar-refractivity contribution < 1.29 is 14.7 Å². The minimum atomic E-state index is -1.11.